The Balaban J connectivity index is 1.63. The van der Waals surface area contributed by atoms with Crippen molar-refractivity contribution in [2.75, 3.05) is 16.8 Å². The number of nitrogens with zero attached hydrogens (tertiary/aromatic N) is 1. The Kier molecular flexibility index (Phi) is 4.60. The van der Waals surface area contributed by atoms with Crippen molar-refractivity contribution in [1.29, 1.82) is 0 Å². The number of benzene rings is 2. The Bertz CT molecular complexity index is 771. The highest BCUT2D eigenvalue weighted by atomic mass is 19.1. The van der Waals surface area contributed by atoms with Crippen molar-refractivity contribution in [2.24, 2.45) is 0 Å². The molecule has 0 saturated carbocycles. The first kappa shape index (κ1) is 16.2. The van der Waals surface area contributed by atoms with Crippen LogP contribution < -0.4 is 10.2 Å². The van der Waals surface area contributed by atoms with E-state index in [-0.39, 0.29) is 24.1 Å². The van der Waals surface area contributed by atoms with E-state index in [1.54, 1.807) is 17.9 Å². The molecule has 24 heavy (non-hydrogen) atoms. The summed E-state index contributed by atoms with van der Waals surface area (Å²) in [7, 11) is 0. The SMILES string of the molecule is Cc1cc(F)ccc1NC(=O)Cc1ccc(N2CCCC2=O)cc1. The summed E-state index contributed by atoms with van der Waals surface area (Å²) in [6.45, 7) is 2.50. The van der Waals surface area contributed by atoms with E-state index < -0.39 is 0 Å². The molecule has 2 aromatic rings. The van der Waals surface area contributed by atoms with Gasteiger partial charge in [-0.25, -0.2) is 4.39 Å². The highest BCUT2D eigenvalue weighted by molar-refractivity contribution is 5.95. The molecule has 2 aromatic carbocycles. The lowest BCUT2D eigenvalue weighted by atomic mass is 10.1. The van der Waals surface area contributed by atoms with E-state index in [1.165, 1.54) is 12.1 Å². The van der Waals surface area contributed by atoms with Crippen LogP contribution in [0.3, 0.4) is 0 Å². The number of anilines is 2. The molecule has 4 nitrogen and oxygen atoms in total. The van der Waals surface area contributed by atoms with Crippen molar-refractivity contribution in [3.63, 3.8) is 0 Å². The molecule has 0 radical (unpaired) electrons. The quantitative estimate of drug-likeness (QED) is 0.935. The second kappa shape index (κ2) is 6.83. The molecule has 5 heteroatoms. The molecule has 1 N–H and O–H groups in total. The van der Waals surface area contributed by atoms with Crippen LogP contribution in [-0.2, 0) is 16.0 Å². The maximum absolute atomic E-state index is 13.1. The molecule has 0 spiro atoms. The number of aryl methyl sites for hydroxylation is 1. The van der Waals surface area contributed by atoms with Crippen LogP contribution in [0.4, 0.5) is 15.8 Å². The molecule has 0 aromatic heterocycles. The van der Waals surface area contributed by atoms with E-state index in [2.05, 4.69) is 5.32 Å². The molecule has 2 amide bonds. The van der Waals surface area contributed by atoms with E-state index >= 15 is 0 Å². The van der Waals surface area contributed by atoms with Gasteiger partial charge in [0.15, 0.2) is 0 Å². The number of amides is 2. The second-order valence-corrected chi connectivity index (χ2v) is 6.00. The first-order valence-corrected chi connectivity index (χ1v) is 7.98. The number of rotatable bonds is 4. The second-order valence-electron chi connectivity index (χ2n) is 6.00. The van der Waals surface area contributed by atoms with E-state index in [0.717, 1.165) is 24.2 Å². The Labute approximate surface area is 140 Å². The van der Waals surface area contributed by atoms with Crippen molar-refractivity contribution >= 4 is 23.2 Å². The zero-order chi connectivity index (χ0) is 17.1. The van der Waals surface area contributed by atoms with Crippen molar-refractivity contribution in [1.82, 2.24) is 0 Å². The van der Waals surface area contributed by atoms with Gasteiger partial charge in [0, 0.05) is 24.3 Å². The van der Waals surface area contributed by atoms with Gasteiger partial charge in [0.1, 0.15) is 5.82 Å². The summed E-state index contributed by atoms with van der Waals surface area (Å²) < 4.78 is 13.1. The van der Waals surface area contributed by atoms with Crippen LogP contribution in [0.15, 0.2) is 42.5 Å². The van der Waals surface area contributed by atoms with Gasteiger partial charge in [-0.2, -0.15) is 0 Å². The topological polar surface area (TPSA) is 49.4 Å². The zero-order valence-electron chi connectivity index (χ0n) is 13.5. The predicted octanol–water partition coefficient (Wildman–Crippen LogP) is 3.44. The first-order chi connectivity index (χ1) is 11.5. The zero-order valence-corrected chi connectivity index (χ0v) is 13.5. The molecule has 0 bridgehead atoms. The molecule has 0 aliphatic carbocycles. The molecular weight excluding hydrogens is 307 g/mol. The van der Waals surface area contributed by atoms with Gasteiger partial charge in [0.2, 0.25) is 11.8 Å². The minimum absolute atomic E-state index is 0.146. The van der Waals surface area contributed by atoms with Gasteiger partial charge in [-0.15, -0.1) is 0 Å². The number of carbonyl (C=O) groups excluding carboxylic acids is 2. The minimum atomic E-state index is -0.322. The molecular formula is C19H19FN2O2. The average Bonchev–Trinajstić information content (AvgIpc) is 2.97. The summed E-state index contributed by atoms with van der Waals surface area (Å²) in [5.74, 6) is -0.334. The van der Waals surface area contributed by atoms with Gasteiger partial charge in [-0.05, 0) is 54.8 Å². The molecule has 1 heterocycles. The maximum Gasteiger partial charge on any atom is 0.228 e. The van der Waals surface area contributed by atoms with Gasteiger partial charge in [0.25, 0.3) is 0 Å². The van der Waals surface area contributed by atoms with Crippen molar-refractivity contribution < 1.29 is 14.0 Å². The largest absolute Gasteiger partial charge is 0.326 e. The van der Waals surface area contributed by atoms with Crippen LogP contribution in [0, 0.1) is 12.7 Å². The Morgan fingerprint density at radius 1 is 1.21 bits per heavy atom. The van der Waals surface area contributed by atoms with Crippen LogP contribution in [-0.4, -0.2) is 18.4 Å². The van der Waals surface area contributed by atoms with Crippen LogP contribution in [0.2, 0.25) is 0 Å². The molecule has 3 rings (SSSR count). The summed E-state index contributed by atoms with van der Waals surface area (Å²) in [6, 6.07) is 11.7. The van der Waals surface area contributed by atoms with E-state index in [1.807, 2.05) is 24.3 Å². The molecule has 1 aliphatic heterocycles. The van der Waals surface area contributed by atoms with Crippen LogP contribution in [0.5, 0.6) is 0 Å². The number of carbonyl (C=O) groups is 2. The number of hydrogen-bond acceptors (Lipinski definition) is 2. The van der Waals surface area contributed by atoms with Gasteiger partial charge < -0.3 is 10.2 Å². The van der Waals surface area contributed by atoms with Gasteiger partial charge >= 0.3 is 0 Å². The molecule has 124 valence electrons. The number of nitrogens with one attached hydrogen (secondary N) is 1. The smallest absolute Gasteiger partial charge is 0.228 e. The lowest BCUT2D eigenvalue weighted by Gasteiger charge is -2.16. The van der Waals surface area contributed by atoms with Crippen molar-refractivity contribution in [3.8, 4) is 0 Å². The molecule has 0 unspecified atom stereocenters. The van der Waals surface area contributed by atoms with Crippen LogP contribution >= 0.6 is 0 Å². The van der Waals surface area contributed by atoms with Crippen molar-refractivity contribution in [3.05, 3.63) is 59.4 Å². The fraction of sp³-hybridized carbons (Fsp3) is 0.263. The standard InChI is InChI=1S/C19H19FN2O2/c1-13-11-15(20)6-9-17(13)21-18(23)12-14-4-7-16(8-5-14)22-10-2-3-19(22)24/h4-9,11H,2-3,10,12H2,1H3,(H,21,23). The predicted molar refractivity (Wildman–Crippen MR) is 91.5 cm³/mol. The van der Waals surface area contributed by atoms with E-state index in [4.69, 9.17) is 0 Å². The minimum Gasteiger partial charge on any atom is -0.326 e. The summed E-state index contributed by atoms with van der Waals surface area (Å²) in [5.41, 5.74) is 3.03. The highest BCUT2D eigenvalue weighted by Crippen LogP contribution is 2.22. The first-order valence-electron chi connectivity index (χ1n) is 7.98. The normalized spacial score (nSPS) is 14.1. The van der Waals surface area contributed by atoms with Gasteiger partial charge in [-0.3, -0.25) is 9.59 Å². The van der Waals surface area contributed by atoms with E-state index in [9.17, 15) is 14.0 Å². The molecule has 0 atom stereocenters. The number of halogens is 1. The lowest BCUT2D eigenvalue weighted by Crippen LogP contribution is -2.23. The van der Waals surface area contributed by atoms with Crippen LogP contribution in [0.25, 0.3) is 0 Å². The highest BCUT2D eigenvalue weighted by Gasteiger charge is 2.21. The monoisotopic (exact) mass is 326 g/mol. The molecule has 1 saturated heterocycles. The lowest BCUT2D eigenvalue weighted by molar-refractivity contribution is -0.117. The third-order valence-corrected chi connectivity index (χ3v) is 4.15. The summed E-state index contributed by atoms with van der Waals surface area (Å²) in [5, 5.41) is 2.79. The molecule has 1 aliphatic rings. The molecule has 1 fully saturated rings. The van der Waals surface area contributed by atoms with Crippen molar-refractivity contribution in [2.45, 2.75) is 26.2 Å². The maximum atomic E-state index is 13.1. The third-order valence-electron chi connectivity index (χ3n) is 4.15. The Morgan fingerprint density at radius 2 is 1.96 bits per heavy atom. The Hall–Kier alpha value is -2.69. The fourth-order valence-electron chi connectivity index (χ4n) is 2.86. The summed E-state index contributed by atoms with van der Waals surface area (Å²) in [4.78, 5) is 25.6. The summed E-state index contributed by atoms with van der Waals surface area (Å²) in [6.07, 6.45) is 1.71. The van der Waals surface area contributed by atoms with E-state index in [0.29, 0.717) is 17.7 Å². The fourth-order valence-corrected chi connectivity index (χ4v) is 2.86. The van der Waals surface area contributed by atoms with Gasteiger partial charge in [0.05, 0.1) is 6.42 Å². The average molecular weight is 326 g/mol. The Morgan fingerprint density at radius 3 is 2.58 bits per heavy atom. The summed E-state index contributed by atoms with van der Waals surface area (Å²) >= 11 is 0. The van der Waals surface area contributed by atoms with Crippen LogP contribution in [0.1, 0.15) is 24.0 Å². The third kappa shape index (κ3) is 3.62. The van der Waals surface area contributed by atoms with Gasteiger partial charge in [-0.1, -0.05) is 12.1 Å². The number of hydrogen-bond donors (Lipinski definition) is 1.